The van der Waals surface area contributed by atoms with Gasteiger partial charge in [-0.3, -0.25) is 4.79 Å². The zero-order valence-corrected chi connectivity index (χ0v) is 26.2. The summed E-state index contributed by atoms with van der Waals surface area (Å²) in [5.41, 5.74) is 4.34. The molecule has 1 aromatic heterocycles. The molecule has 6 nitrogen and oxygen atoms in total. The number of ether oxygens (including phenoxy) is 3. The van der Waals surface area contributed by atoms with Gasteiger partial charge in [-0.15, -0.1) is 0 Å². The third-order valence-electron chi connectivity index (χ3n) is 8.70. The van der Waals surface area contributed by atoms with Crippen molar-refractivity contribution >= 4 is 22.9 Å². The molecule has 0 bridgehead atoms. The maximum absolute atomic E-state index is 14.1. The van der Waals surface area contributed by atoms with Crippen molar-refractivity contribution in [2.45, 2.75) is 71.3 Å². The highest BCUT2D eigenvalue weighted by Gasteiger charge is 2.33. The molecule has 2 saturated carbocycles. The Morgan fingerprint density at radius 3 is 2.34 bits per heavy atom. The number of carbonyl (C=O) groups excluding carboxylic acids is 1. The van der Waals surface area contributed by atoms with Gasteiger partial charge in [-0.05, 0) is 106 Å². The number of aromatic nitrogens is 1. The van der Waals surface area contributed by atoms with Gasteiger partial charge < -0.3 is 19.1 Å². The minimum Gasteiger partial charge on any atom is -0.497 e. The number of rotatable bonds is 11. The molecule has 2 fully saturated rings. The number of thiazole rings is 1. The van der Waals surface area contributed by atoms with E-state index in [1.807, 2.05) is 18.3 Å². The molecule has 2 aliphatic carbocycles. The van der Waals surface area contributed by atoms with Gasteiger partial charge in [0.15, 0.2) is 0 Å². The van der Waals surface area contributed by atoms with E-state index in [0.29, 0.717) is 17.0 Å². The van der Waals surface area contributed by atoms with Crippen molar-refractivity contribution in [3.8, 4) is 15.6 Å². The van der Waals surface area contributed by atoms with E-state index in [2.05, 4.69) is 54.6 Å². The normalized spacial score (nSPS) is 22.8. The standard InChI is InChI=1S/C34H46N2O4S/c1-23(2)31(39-5)19-10-24(3)26-13-11-25(12-14-26)22-36(33(37)27-15-17-30(38-4)18-16-27)29-9-7-8-28(20-29)32-21-35-34(40-6)41-32/h7-10,19-21,25-27,30H,3,11-18,22H2,1-2,4-6H3/b19-10-. The summed E-state index contributed by atoms with van der Waals surface area (Å²) in [5, 5.41) is 0.640. The second-order valence-corrected chi connectivity index (χ2v) is 12.6. The van der Waals surface area contributed by atoms with Crippen molar-refractivity contribution in [2.75, 3.05) is 32.8 Å². The Morgan fingerprint density at radius 1 is 1.02 bits per heavy atom. The SMILES string of the molecule is C=C(/C=C\C(OC)=C(C)C)C1CCC(CN(C(=O)C2CCC(OC)CC2)c2cccc(-c3cnc(OC)s3)c2)CC1. The number of carbonyl (C=O) groups is 1. The zero-order chi connectivity index (χ0) is 29.4. The Kier molecular flexibility index (Phi) is 11.2. The summed E-state index contributed by atoms with van der Waals surface area (Å²) in [7, 11) is 5.12. The van der Waals surface area contributed by atoms with E-state index < -0.39 is 0 Å². The second-order valence-electron chi connectivity index (χ2n) is 11.6. The lowest BCUT2D eigenvalue weighted by Gasteiger charge is -2.36. The molecule has 0 radical (unpaired) electrons. The topological polar surface area (TPSA) is 60.9 Å². The van der Waals surface area contributed by atoms with Crippen LogP contribution in [0.4, 0.5) is 5.69 Å². The number of benzene rings is 1. The minimum atomic E-state index is 0.0415. The number of hydrogen-bond acceptors (Lipinski definition) is 6. The number of methoxy groups -OCH3 is 3. The first kappa shape index (κ1) is 31.0. The van der Waals surface area contributed by atoms with Crippen molar-refractivity contribution in [2.24, 2.45) is 17.8 Å². The largest absolute Gasteiger partial charge is 0.497 e. The number of anilines is 1. The van der Waals surface area contributed by atoms with Crippen molar-refractivity contribution in [3.63, 3.8) is 0 Å². The van der Waals surface area contributed by atoms with E-state index in [4.69, 9.17) is 14.2 Å². The Hall–Kier alpha value is -2.90. The van der Waals surface area contributed by atoms with E-state index in [1.165, 1.54) is 11.3 Å². The zero-order valence-electron chi connectivity index (χ0n) is 25.4. The molecule has 0 unspecified atom stereocenters. The predicted molar refractivity (Wildman–Crippen MR) is 168 cm³/mol. The summed E-state index contributed by atoms with van der Waals surface area (Å²) in [5.74, 6) is 2.12. The molecular weight excluding hydrogens is 532 g/mol. The van der Waals surface area contributed by atoms with E-state index in [1.54, 1.807) is 21.3 Å². The number of nitrogens with zero attached hydrogens (tertiary/aromatic N) is 2. The van der Waals surface area contributed by atoms with Crippen molar-refractivity contribution in [3.05, 3.63) is 66.1 Å². The van der Waals surface area contributed by atoms with Crippen LogP contribution >= 0.6 is 11.3 Å². The minimum absolute atomic E-state index is 0.0415. The second kappa shape index (κ2) is 14.8. The maximum atomic E-state index is 14.1. The molecule has 222 valence electrons. The quantitative estimate of drug-likeness (QED) is 0.199. The van der Waals surface area contributed by atoms with Crippen LogP contribution in [0.5, 0.6) is 5.19 Å². The average molecular weight is 579 g/mol. The van der Waals surface area contributed by atoms with Gasteiger partial charge in [0.1, 0.15) is 5.76 Å². The summed E-state index contributed by atoms with van der Waals surface area (Å²) in [4.78, 5) is 21.5. The van der Waals surface area contributed by atoms with Crippen LogP contribution in [0.15, 0.2) is 66.1 Å². The number of amides is 1. The molecule has 4 rings (SSSR count). The molecular formula is C34H46N2O4S. The summed E-state index contributed by atoms with van der Waals surface area (Å²) >= 11 is 1.52. The highest BCUT2D eigenvalue weighted by atomic mass is 32.1. The first-order valence-corrected chi connectivity index (χ1v) is 15.7. The van der Waals surface area contributed by atoms with E-state index in [9.17, 15) is 4.79 Å². The fraction of sp³-hybridized carbons (Fsp3) is 0.529. The lowest BCUT2D eigenvalue weighted by molar-refractivity contribution is -0.124. The third kappa shape index (κ3) is 8.10. The molecule has 0 saturated heterocycles. The first-order chi connectivity index (χ1) is 19.8. The van der Waals surface area contributed by atoms with Crippen LogP contribution in [0.3, 0.4) is 0 Å². The van der Waals surface area contributed by atoms with Gasteiger partial charge in [-0.2, -0.15) is 0 Å². The molecule has 0 N–H and O–H groups in total. The van der Waals surface area contributed by atoms with Gasteiger partial charge in [0, 0.05) is 31.5 Å². The maximum Gasteiger partial charge on any atom is 0.273 e. The molecule has 41 heavy (non-hydrogen) atoms. The lowest BCUT2D eigenvalue weighted by Crippen LogP contribution is -2.42. The summed E-state index contributed by atoms with van der Waals surface area (Å²) in [6, 6.07) is 8.35. The summed E-state index contributed by atoms with van der Waals surface area (Å²) in [6.07, 6.45) is 14.3. The molecule has 0 spiro atoms. The predicted octanol–water partition coefficient (Wildman–Crippen LogP) is 8.22. The van der Waals surface area contributed by atoms with Gasteiger partial charge in [0.25, 0.3) is 5.19 Å². The van der Waals surface area contributed by atoms with Gasteiger partial charge in [-0.1, -0.05) is 41.7 Å². The number of allylic oxidation sites excluding steroid dienone is 4. The van der Waals surface area contributed by atoms with Gasteiger partial charge in [0.2, 0.25) is 5.91 Å². The van der Waals surface area contributed by atoms with Crippen LogP contribution in [-0.4, -0.2) is 44.9 Å². The molecule has 0 aliphatic heterocycles. The number of hydrogen-bond donors (Lipinski definition) is 0. The van der Waals surface area contributed by atoms with Crippen LogP contribution in [-0.2, 0) is 14.3 Å². The molecule has 1 aromatic carbocycles. The molecule has 1 amide bonds. The van der Waals surface area contributed by atoms with Crippen LogP contribution < -0.4 is 9.64 Å². The Balaban J connectivity index is 1.48. The molecule has 1 heterocycles. The van der Waals surface area contributed by atoms with Gasteiger partial charge in [-0.25, -0.2) is 4.98 Å². The van der Waals surface area contributed by atoms with E-state index in [0.717, 1.165) is 90.9 Å². The van der Waals surface area contributed by atoms with Crippen molar-refractivity contribution in [1.29, 1.82) is 0 Å². The Bertz CT molecular complexity index is 1230. The summed E-state index contributed by atoms with van der Waals surface area (Å²) < 4.78 is 16.4. The average Bonchev–Trinajstić information content (AvgIpc) is 3.50. The van der Waals surface area contributed by atoms with Crippen molar-refractivity contribution < 1.29 is 19.0 Å². The first-order valence-electron chi connectivity index (χ1n) is 14.9. The van der Waals surface area contributed by atoms with Crippen LogP contribution in [0, 0.1) is 17.8 Å². The molecule has 7 heteroatoms. The van der Waals surface area contributed by atoms with Crippen LogP contribution in [0.2, 0.25) is 0 Å². The third-order valence-corrected chi connectivity index (χ3v) is 9.71. The van der Waals surface area contributed by atoms with Gasteiger partial charge in [0.05, 0.1) is 25.2 Å². The molecule has 2 aliphatic rings. The highest BCUT2D eigenvalue weighted by Crippen LogP contribution is 2.37. The smallest absolute Gasteiger partial charge is 0.273 e. The highest BCUT2D eigenvalue weighted by molar-refractivity contribution is 7.16. The lowest BCUT2D eigenvalue weighted by atomic mass is 9.78. The Morgan fingerprint density at radius 2 is 1.73 bits per heavy atom. The summed E-state index contributed by atoms with van der Waals surface area (Å²) in [6.45, 7) is 9.23. The Labute approximate surface area is 250 Å². The van der Waals surface area contributed by atoms with Gasteiger partial charge >= 0.3 is 0 Å². The van der Waals surface area contributed by atoms with E-state index >= 15 is 0 Å². The molecule has 2 aromatic rings. The van der Waals surface area contributed by atoms with Crippen LogP contribution in [0.1, 0.15) is 65.2 Å². The fourth-order valence-corrected chi connectivity index (χ4v) is 6.86. The molecule has 0 atom stereocenters. The fourth-order valence-electron chi connectivity index (χ4n) is 6.13. The van der Waals surface area contributed by atoms with Crippen LogP contribution in [0.25, 0.3) is 10.4 Å². The van der Waals surface area contributed by atoms with E-state index in [-0.39, 0.29) is 17.9 Å². The monoisotopic (exact) mass is 578 g/mol. The van der Waals surface area contributed by atoms with Crippen molar-refractivity contribution in [1.82, 2.24) is 4.98 Å².